The van der Waals surface area contributed by atoms with Crippen molar-refractivity contribution in [2.75, 3.05) is 63.8 Å². The molecule has 3 rings (SSSR count). The molecule has 0 aliphatic carbocycles. The van der Waals surface area contributed by atoms with Gasteiger partial charge in [0.05, 0.1) is 9.85 Å². The molecule has 37 heavy (non-hydrogen) atoms. The van der Waals surface area contributed by atoms with Gasteiger partial charge in [-0.05, 0) is 37.4 Å². The molecule has 0 spiro atoms. The number of nitrogens with zero attached hydrogens (tertiary/aromatic N) is 6. The monoisotopic (exact) mass is 512 g/mol. The van der Waals surface area contributed by atoms with E-state index in [0.29, 0.717) is 44.8 Å². The van der Waals surface area contributed by atoms with Gasteiger partial charge in [-0.25, -0.2) is 0 Å². The van der Waals surface area contributed by atoms with Crippen molar-refractivity contribution in [1.29, 1.82) is 0 Å². The van der Waals surface area contributed by atoms with Crippen molar-refractivity contribution < 1.29 is 19.4 Å². The fraction of sp³-hybridized carbons (Fsp3) is 0.440. The van der Waals surface area contributed by atoms with Crippen LogP contribution in [0.4, 0.5) is 17.1 Å². The molecule has 1 heterocycles. The molecule has 1 aliphatic rings. The van der Waals surface area contributed by atoms with Crippen LogP contribution in [0.2, 0.25) is 0 Å². The van der Waals surface area contributed by atoms with Crippen LogP contribution in [-0.2, 0) is 4.79 Å². The fourth-order valence-electron chi connectivity index (χ4n) is 4.23. The number of piperazine rings is 1. The van der Waals surface area contributed by atoms with E-state index < -0.39 is 9.85 Å². The summed E-state index contributed by atoms with van der Waals surface area (Å²) < 4.78 is 0. The zero-order valence-electron chi connectivity index (χ0n) is 21.1. The normalized spacial score (nSPS) is 13.5. The van der Waals surface area contributed by atoms with Crippen molar-refractivity contribution in [1.82, 2.24) is 14.7 Å². The highest BCUT2D eigenvalue weighted by atomic mass is 16.6. The fourth-order valence-corrected chi connectivity index (χ4v) is 4.23. The highest BCUT2D eigenvalue weighted by molar-refractivity contribution is 5.96. The minimum atomic E-state index is -0.522. The number of non-ortho nitro benzene ring substituents is 2. The van der Waals surface area contributed by atoms with Gasteiger partial charge in [-0.3, -0.25) is 29.8 Å². The summed E-state index contributed by atoms with van der Waals surface area (Å²) in [6.45, 7) is 8.62. The zero-order chi connectivity index (χ0) is 26.9. The van der Waals surface area contributed by atoms with Gasteiger partial charge in [0.25, 0.3) is 17.3 Å². The number of nitro groups is 2. The molecule has 12 nitrogen and oxygen atoms in total. The van der Waals surface area contributed by atoms with Gasteiger partial charge in [-0.15, -0.1) is 0 Å². The Morgan fingerprint density at radius 3 is 1.81 bits per heavy atom. The summed E-state index contributed by atoms with van der Waals surface area (Å²) in [5.74, 6) is -0.516. The first-order valence-electron chi connectivity index (χ1n) is 12.3. The van der Waals surface area contributed by atoms with E-state index in [1.54, 1.807) is 17.0 Å². The summed E-state index contributed by atoms with van der Waals surface area (Å²) in [6.07, 6.45) is 0. The molecule has 2 aromatic rings. The minimum Gasteiger partial charge on any atom is -0.368 e. The number of hydrogen-bond donors (Lipinski definition) is 0. The van der Waals surface area contributed by atoms with E-state index in [0.717, 1.165) is 18.8 Å². The number of likely N-dealkylation sites (N-methyl/N-ethyl adjacent to an activating group) is 1. The summed E-state index contributed by atoms with van der Waals surface area (Å²) in [7, 11) is 0. The van der Waals surface area contributed by atoms with Crippen LogP contribution in [0.3, 0.4) is 0 Å². The molecule has 198 valence electrons. The lowest BCUT2D eigenvalue weighted by molar-refractivity contribution is -0.385. The largest absolute Gasteiger partial charge is 0.368 e. The number of hydrogen-bond acceptors (Lipinski definition) is 8. The predicted molar refractivity (Wildman–Crippen MR) is 139 cm³/mol. The van der Waals surface area contributed by atoms with E-state index in [-0.39, 0.29) is 29.7 Å². The highest BCUT2D eigenvalue weighted by Gasteiger charge is 2.26. The maximum atomic E-state index is 13.3. The summed E-state index contributed by atoms with van der Waals surface area (Å²) in [5, 5.41) is 21.8. The van der Waals surface area contributed by atoms with Gasteiger partial charge in [-0.1, -0.05) is 13.8 Å². The highest BCUT2D eigenvalue weighted by Crippen LogP contribution is 2.21. The molecule has 0 N–H and O–H groups in total. The van der Waals surface area contributed by atoms with Crippen LogP contribution in [0.1, 0.15) is 24.2 Å². The lowest BCUT2D eigenvalue weighted by atomic mass is 10.1. The van der Waals surface area contributed by atoms with Gasteiger partial charge in [0.1, 0.15) is 6.54 Å². The Balaban J connectivity index is 1.65. The number of amides is 2. The molecular weight excluding hydrogens is 480 g/mol. The van der Waals surface area contributed by atoms with E-state index in [1.807, 2.05) is 13.8 Å². The quantitative estimate of drug-likeness (QED) is 0.331. The molecule has 12 heteroatoms. The molecule has 1 aliphatic heterocycles. The molecule has 0 atom stereocenters. The Morgan fingerprint density at radius 2 is 1.32 bits per heavy atom. The molecule has 1 saturated heterocycles. The first-order valence-corrected chi connectivity index (χ1v) is 12.3. The average molecular weight is 513 g/mol. The van der Waals surface area contributed by atoms with Crippen LogP contribution in [0.5, 0.6) is 0 Å². The molecule has 2 aromatic carbocycles. The van der Waals surface area contributed by atoms with Crippen LogP contribution < -0.4 is 4.90 Å². The smallest absolute Gasteiger partial charge is 0.269 e. The third-order valence-corrected chi connectivity index (χ3v) is 6.58. The standard InChI is InChI=1S/C25H32N6O6/c1-3-26(4-2)13-14-29(25(33)20-5-7-22(8-6-20)30(34)35)19-24(32)28-17-15-27(16-18-28)21-9-11-23(12-10-21)31(36)37/h5-12H,3-4,13-19H2,1-2H3. The predicted octanol–water partition coefficient (Wildman–Crippen LogP) is 2.64. The van der Waals surface area contributed by atoms with Crippen LogP contribution in [-0.4, -0.2) is 95.3 Å². The van der Waals surface area contributed by atoms with Crippen molar-refractivity contribution >= 4 is 28.9 Å². The summed E-state index contributed by atoms with van der Waals surface area (Å²) in [4.78, 5) is 54.7. The second kappa shape index (κ2) is 12.8. The Morgan fingerprint density at radius 1 is 0.811 bits per heavy atom. The van der Waals surface area contributed by atoms with E-state index in [9.17, 15) is 29.8 Å². The topological polar surface area (TPSA) is 133 Å². The number of carbonyl (C=O) groups is 2. The van der Waals surface area contributed by atoms with Gasteiger partial charge >= 0.3 is 0 Å². The van der Waals surface area contributed by atoms with E-state index in [1.165, 1.54) is 41.3 Å². The third-order valence-electron chi connectivity index (χ3n) is 6.58. The molecule has 0 bridgehead atoms. The number of benzene rings is 2. The van der Waals surface area contributed by atoms with Crippen LogP contribution in [0, 0.1) is 20.2 Å². The van der Waals surface area contributed by atoms with Crippen LogP contribution in [0.25, 0.3) is 0 Å². The van der Waals surface area contributed by atoms with Gasteiger partial charge in [0, 0.05) is 74.8 Å². The Bertz CT molecular complexity index is 1100. The maximum Gasteiger partial charge on any atom is 0.269 e. The molecule has 0 radical (unpaired) electrons. The molecule has 0 saturated carbocycles. The number of nitro benzene ring substituents is 2. The minimum absolute atomic E-state index is 0.0278. The molecule has 0 unspecified atom stereocenters. The van der Waals surface area contributed by atoms with Crippen molar-refractivity contribution in [2.45, 2.75) is 13.8 Å². The van der Waals surface area contributed by atoms with Crippen molar-refractivity contribution in [2.24, 2.45) is 0 Å². The molecule has 0 aromatic heterocycles. The average Bonchev–Trinajstić information content (AvgIpc) is 2.92. The van der Waals surface area contributed by atoms with Crippen molar-refractivity contribution in [3.8, 4) is 0 Å². The third kappa shape index (κ3) is 7.23. The lowest BCUT2D eigenvalue weighted by Crippen LogP contribution is -2.52. The number of carbonyl (C=O) groups excluding carboxylic acids is 2. The summed E-state index contributed by atoms with van der Waals surface area (Å²) in [6, 6.07) is 11.7. The Hall–Kier alpha value is -4.06. The number of rotatable bonds is 11. The van der Waals surface area contributed by atoms with E-state index >= 15 is 0 Å². The number of anilines is 1. The SMILES string of the molecule is CCN(CC)CCN(CC(=O)N1CCN(c2ccc([N+](=O)[O-])cc2)CC1)C(=O)c1ccc([N+](=O)[O-])cc1. The van der Waals surface area contributed by atoms with E-state index in [4.69, 9.17) is 0 Å². The van der Waals surface area contributed by atoms with Crippen molar-refractivity contribution in [3.63, 3.8) is 0 Å². The van der Waals surface area contributed by atoms with Gasteiger partial charge < -0.3 is 19.6 Å². The van der Waals surface area contributed by atoms with Crippen LogP contribution >= 0.6 is 0 Å². The van der Waals surface area contributed by atoms with E-state index in [2.05, 4.69) is 9.80 Å². The molecule has 1 fully saturated rings. The zero-order valence-corrected chi connectivity index (χ0v) is 21.1. The Kier molecular flexibility index (Phi) is 9.50. The van der Waals surface area contributed by atoms with Crippen LogP contribution in [0.15, 0.2) is 48.5 Å². The van der Waals surface area contributed by atoms with Crippen molar-refractivity contribution in [3.05, 3.63) is 74.3 Å². The molecule has 2 amide bonds. The second-order valence-corrected chi connectivity index (χ2v) is 8.70. The molecular formula is C25H32N6O6. The van der Waals surface area contributed by atoms with Gasteiger partial charge in [0.2, 0.25) is 5.91 Å². The van der Waals surface area contributed by atoms with Gasteiger partial charge in [-0.2, -0.15) is 0 Å². The lowest BCUT2D eigenvalue weighted by Gasteiger charge is -2.37. The first-order chi connectivity index (χ1) is 17.7. The van der Waals surface area contributed by atoms with Gasteiger partial charge in [0.15, 0.2) is 0 Å². The maximum absolute atomic E-state index is 13.3. The second-order valence-electron chi connectivity index (χ2n) is 8.70. The Labute approximate surface area is 215 Å². The summed E-state index contributed by atoms with van der Waals surface area (Å²) in [5.41, 5.74) is 1.07. The summed E-state index contributed by atoms with van der Waals surface area (Å²) >= 11 is 0. The first kappa shape index (κ1) is 27.5.